The molecule has 0 spiro atoms. The molecule has 2 rings (SSSR count). The lowest BCUT2D eigenvalue weighted by molar-refractivity contribution is 0.458. The molecule has 0 bridgehead atoms. The highest BCUT2D eigenvalue weighted by Crippen LogP contribution is 2.35. The van der Waals surface area contributed by atoms with E-state index in [2.05, 4.69) is 24.0 Å². The van der Waals surface area contributed by atoms with E-state index in [-0.39, 0.29) is 0 Å². The number of thioether (sulfide) groups is 1. The summed E-state index contributed by atoms with van der Waals surface area (Å²) in [5.74, 6) is 3.75. The molecule has 1 aliphatic heterocycles. The van der Waals surface area contributed by atoms with Gasteiger partial charge < -0.3 is 5.32 Å². The summed E-state index contributed by atoms with van der Waals surface area (Å²) in [6.45, 7) is 3.61. The Hall–Kier alpha value is 0.310. The van der Waals surface area contributed by atoms with Crippen molar-refractivity contribution >= 4 is 11.8 Å². The molecule has 11 heavy (non-hydrogen) atoms. The van der Waals surface area contributed by atoms with Gasteiger partial charge in [-0.1, -0.05) is 0 Å². The van der Waals surface area contributed by atoms with Crippen molar-refractivity contribution in [3.05, 3.63) is 0 Å². The number of hydrogen-bond donors (Lipinski definition) is 1. The van der Waals surface area contributed by atoms with Crippen molar-refractivity contribution in [3.63, 3.8) is 0 Å². The molecule has 1 N–H and O–H groups in total. The molecular formula is C9H17NS. The monoisotopic (exact) mass is 171 g/mol. The standard InChI is InChI=1S/C9H17NS/c1-9(3-4-9)10-6-8-2-5-11-7-8/h8,10H,2-7H2,1H3. The van der Waals surface area contributed by atoms with E-state index in [9.17, 15) is 0 Å². The van der Waals surface area contributed by atoms with Crippen LogP contribution in [0.4, 0.5) is 0 Å². The van der Waals surface area contributed by atoms with Crippen LogP contribution < -0.4 is 5.32 Å². The first-order valence-corrected chi connectivity index (χ1v) is 5.77. The van der Waals surface area contributed by atoms with Crippen molar-refractivity contribution < 1.29 is 0 Å². The van der Waals surface area contributed by atoms with Crippen LogP contribution in [0.25, 0.3) is 0 Å². The van der Waals surface area contributed by atoms with Crippen LogP contribution in [0.1, 0.15) is 26.2 Å². The molecule has 0 radical (unpaired) electrons. The van der Waals surface area contributed by atoms with E-state index in [0.717, 1.165) is 5.92 Å². The average molecular weight is 171 g/mol. The zero-order valence-electron chi connectivity index (χ0n) is 7.23. The highest BCUT2D eigenvalue weighted by atomic mass is 32.2. The van der Waals surface area contributed by atoms with Gasteiger partial charge in [0.15, 0.2) is 0 Å². The molecule has 2 fully saturated rings. The van der Waals surface area contributed by atoms with E-state index in [1.54, 1.807) is 0 Å². The summed E-state index contributed by atoms with van der Waals surface area (Å²) in [5, 5.41) is 3.66. The Morgan fingerprint density at radius 3 is 2.91 bits per heavy atom. The van der Waals surface area contributed by atoms with Crippen LogP contribution >= 0.6 is 11.8 Å². The molecule has 64 valence electrons. The Morgan fingerprint density at radius 1 is 1.55 bits per heavy atom. The fraction of sp³-hybridized carbons (Fsp3) is 1.00. The lowest BCUT2D eigenvalue weighted by atomic mass is 10.1. The van der Waals surface area contributed by atoms with Gasteiger partial charge in [0.05, 0.1) is 0 Å². The second-order valence-electron chi connectivity index (χ2n) is 4.17. The van der Waals surface area contributed by atoms with Crippen molar-refractivity contribution in [2.24, 2.45) is 5.92 Å². The maximum absolute atomic E-state index is 3.66. The van der Waals surface area contributed by atoms with Gasteiger partial charge in [0.25, 0.3) is 0 Å². The van der Waals surface area contributed by atoms with E-state index < -0.39 is 0 Å². The molecule has 0 aromatic carbocycles. The van der Waals surface area contributed by atoms with Crippen LogP contribution in [-0.2, 0) is 0 Å². The van der Waals surface area contributed by atoms with E-state index in [0.29, 0.717) is 5.54 Å². The van der Waals surface area contributed by atoms with Gasteiger partial charge in [-0.3, -0.25) is 0 Å². The summed E-state index contributed by atoms with van der Waals surface area (Å²) in [6.07, 6.45) is 4.23. The highest BCUT2D eigenvalue weighted by Gasteiger charge is 2.37. The van der Waals surface area contributed by atoms with Crippen LogP contribution in [0.15, 0.2) is 0 Å². The Bertz CT molecular complexity index is 136. The molecule has 1 saturated heterocycles. The van der Waals surface area contributed by atoms with E-state index in [1.165, 1.54) is 37.3 Å². The predicted molar refractivity (Wildman–Crippen MR) is 51.1 cm³/mol. The molecule has 0 aromatic heterocycles. The summed E-state index contributed by atoms with van der Waals surface area (Å²) < 4.78 is 0. The van der Waals surface area contributed by atoms with Gasteiger partial charge in [-0.05, 0) is 50.2 Å². The van der Waals surface area contributed by atoms with Gasteiger partial charge in [0.1, 0.15) is 0 Å². The molecule has 2 heteroatoms. The molecule has 1 unspecified atom stereocenters. The van der Waals surface area contributed by atoms with Gasteiger partial charge in [0, 0.05) is 5.54 Å². The molecular weight excluding hydrogens is 154 g/mol. The first kappa shape index (κ1) is 7.93. The Kier molecular flexibility index (Phi) is 2.15. The fourth-order valence-electron chi connectivity index (χ4n) is 1.50. The third kappa shape index (κ3) is 2.12. The van der Waals surface area contributed by atoms with E-state index in [4.69, 9.17) is 0 Å². The van der Waals surface area contributed by atoms with Gasteiger partial charge in [-0.15, -0.1) is 0 Å². The van der Waals surface area contributed by atoms with Gasteiger partial charge in [0.2, 0.25) is 0 Å². The molecule has 1 nitrogen and oxygen atoms in total. The summed E-state index contributed by atoms with van der Waals surface area (Å²) >= 11 is 2.11. The first-order valence-electron chi connectivity index (χ1n) is 4.61. The second-order valence-corrected chi connectivity index (χ2v) is 5.32. The van der Waals surface area contributed by atoms with Crippen molar-refractivity contribution in [3.8, 4) is 0 Å². The van der Waals surface area contributed by atoms with Crippen LogP contribution in [0.2, 0.25) is 0 Å². The van der Waals surface area contributed by atoms with Crippen LogP contribution in [0.3, 0.4) is 0 Å². The largest absolute Gasteiger partial charge is 0.311 e. The maximum atomic E-state index is 3.66. The van der Waals surface area contributed by atoms with Crippen molar-refractivity contribution in [1.29, 1.82) is 0 Å². The van der Waals surface area contributed by atoms with Crippen LogP contribution in [0, 0.1) is 5.92 Å². The smallest absolute Gasteiger partial charge is 0.0154 e. The summed E-state index contributed by atoms with van der Waals surface area (Å²) in [5.41, 5.74) is 0.549. The molecule has 1 heterocycles. The SMILES string of the molecule is CC1(NCC2CCSC2)CC1. The maximum Gasteiger partial charge on any atom is 0.0154 e. The first-order chi connectivity index (χ1) is 5.29. The minimum absolute atomic E-state index is 0.549. The van der Waals surface area contributed by atoms with E-state index in [1.807, 2.05) is 0 Å². The van der Waals surface area contributed by atoms with Gasteiger partial charge >= 0.3 is 0 Å². The van der Waals surface area contributed by atoms with E-state index >= 15 is 0 Å². The minimum Gasteiger partial charge on any atom is -0.311 e. The van der Waals surface area contributed by atoms with Crippen molar-refractivity contribution in [1.82, 2.24) is 5.32 Å². The van der Waals surface area contributed by atoms with Gasteiger partial charge in [-0.25, -0.2) is 0 Å². The molecule has 0 aromatic rings. The Morgan fingerprint density at radius 2 is 2.36 bits per heavy atom. The number of rotatable bonds is 3. The minimum atomic E-state index is 0.549. The topological polar surface area (TPSA) is 12.0 Å². The summed E-state index contributed by atoms with van der Waals surface area (Å²) in [4.78, 5) is 0. The average Bonchev–Trinajstić information content (AvgIpc) is 2.53. The van der Waals surface area contributed by atoms with Crippen LogP contribution in [-0.4, -0.2) is 23.6 Å². The van der Waals surface area contributed by atoms with Crippen LogP contribution in [0.5, 0.6) is 0 Å². The predicted octanol–water partition coefficient (Wildman–Crippen LogP) is 1.88. The second kappa shape index (κ2) is 2.98. The summed E-state index contributed by atoms with van der Waals surface area (Å²) in [7, 11) is 0. The highest BCUT2D eigenvalue weighted by molar-refractivity contribution is 7.99. The van der Waals surface area contributed by atoms with Crippen molar-refractivity contribution in [2.45, 2.75) is 31.7 Å². The Balaban J connectivity index is 1.65. The molecule has 1 saturated carbocycles. The van der Waals surface area contributed by atoms with Crippen molar-refractivity contribution in [2.75, 3.05) is 18.1 Å². The summed E-state index contributed by atoms with van der Waals surface area (Å²) in [6, 6.07) is 0. The lowest BCUT2D eigenvalue weighted by Crippen LogP contribution is -2.32. The quantitative estimate of drug-likeness (QED) is 0.696. The fourth-order valence-corrected chi connectivity index (χ4v) is 2.78. The lowest BCUT2D eigenvalue weighted by Gasteiger charge is -2.14. The molecule has 2 aliphatic rings. The third-order valence-corrected chi connectivity index (χ3v) is 4.07. The molecule has 1 atom stereocenters. The molecule has 0 amide bonds. The normalized spacial score (nSPS) is 34.1. The Labute approximate surface area is 73.3 Å². The number of hydrogen-bond acceptors (Lipinski definition) is 2. The molecule has 1 aliphatic carbocycles. The zero-order chi connectivity index (χ0) is 7.73. The zero-order valence-corrected chi connectivity index (χ0v) is 8.04. The van der Waals surface area contributed by atoms with Gasteiger partial charge in [-0.2, -0.15) is 11.8 Å². The third-order valence-electron chi connectivity index (χ3n) is 2.84. The number of nitrogens with one attached hydrogen (secondary N) is 1.